The quantitative estimate of drug-likeness (QED) is 0.545. The first-order valence-corrected chi connectivity index (χ1v) is 10.8. The van der Waals surface area contributed by atoms with Crippen molar-refractivity contribution in [3.63, 3.8) is 0 Å². The SMILES string of the molecule is CNC(=O)Nc1noc2c(C3CCCCC3)ccc(OCC(O)CNC(C)(C)C)c12. The Labute approximate surface area is 177 Å². The van der Waals surface area contributed by atoms with Crippen molar-refractivity contribution in [2.45, 2.75) is 70.4 Å². The highest BCUT2D eigenvalue weighted by molar-refractivity contribution is 6.02. The number of aromatic nitrogens is 1. The maximum Gasteiger partial charge on any atom is 0.320 e. The molecular weight excluding hydrogens is 384 g/mol. The summed E-state index contributed by atoms with van der Waals surface area (Å²) in [5.41, 5.74) is 1.66. The molecule has 1 atom stereocenters. The number of hydrogen-bond acceptors (Lipinski definition) is 6. The first-order chi connectivity index (χ1) is 14.3. The van der Waals surface area contributed by atoms with Gasteiger partial charge in [0.1, 0.15) is 23.8 Å². The number of ether oxygens (including phenoxy) is 1. The monoisotopic (exact) mass is 418 g/mol. The summed E-state index contributed by atoms with van der Waals surface area (Å²) in [4.78, 5) is 11.9. The van der Waals surface area contributed by atoms with Crippen LogP contribution in [0.5, 0.6) is 5.75 Å². The zero-order valence-corrected chi connectivity index (χ0v) is 18.4. The van der Waals surface area contributed by atoms with E-state index in [2.05, 4.69) is 21.1 Å². The number of aliphatic hydroxyl groups is 1. The smallest absolute Gasteiger partial charge is 0.320 e. The van der Waals surface area contributed by atoms with Gasteiger partial charge in [0.15, 0.2) is 11.4 Å². The van der Waals surface area contributed by atoms with Crippen LogP contribution in [0.3, 0.4) is 0 Å². The van der Waals surface area contributed by atoms with Gasteiger partial charge in [0.05, 0.1) is 0 Å². The Balaban J connectivity index is 1.85. The lowest BCUT2D eigenvalue weighted by Gasteiger charge is -2.23. The predicted molar refractivity (Wildman–Crippen MR) is 117 cm³/mol. The van der Waals surface area contributed by atoms with Crippen LogP contribution in [0, 0.1) is 0 Å². The van der Waals surface area contributed by atoms with Gasteiger partial charge in [0.25, 0.3) is 0 Å². The number of nitrogens with zero attached hydrogens (tertiary/aromatic N) is 1. The fourth-order valence-corrected chi connectivity index (χ4v) is 3.82. The fourth-order valence-electron chi connectivity index (χ4n) is 3.82. The van der Waals surface area contributed by atoms with Crippen LogP contribution in [0.1, 0.15) is 64.4 Å². The first kappa shape index (κ1) is 22.4. The Morgan fingerprint density at radius 3 is 2.70 bits per heavy atom. The molecule has 0 saturated heterocycles. The van der Waals surface area contributed by atoms with E-state index in [1.807, 2.05) is 32.9 Å². The molecule has 8 nitrogen and oxygen atoms in total. The number of carbonyl (C=O) groups is 1. The van der Waals surface area contributed by atoms with E-state index in [-0.39, 0.29) is 18.2 Å². The molecule has 1 aromatic carbocycles. The molecular formula is C22H34N4O4. The van der Waals surface area contributed by atoms with Crippen LogP contribution in [0.15, 0.2) is 16.7 Å². The molecule has 1 aliphatic rings. The second-order valence-electron chi connectivity index (χ2n) is 9.02. The topological polar surface area (TPSA) is 109 Å². The normalized spacial score (nSPS) is 16.4. The maximum atomic E-state index is 11.9. The first-order valence-electron chi connectivity index (χ1n) is 10.8. The van der Waals surface area contributed by atoms with Gasteiger partial charge in [0.2, 0.25) is 0 Å². The van der Waals surface area contributed by atoms with E-state index < -0.39 is 6.10 Å². The summed E-state index contributed by atoms with van der Waals surface area (Å²) in [6.07, 6.45) is 5.23. The third kappa shape index (κ3) is 5.64. The minimum atomic E-state index is -0.674. The number of rotatable bonds is 7. The number of fused-ring (bicyclic) bond motifs is 1. The zero-order valence-electron chi connectivity index (χ0n) is 18.4. The van der Waals surface area contributed by atoms with E-state index in [1.165, 1.54) is 19.3 Å². The number of aliphatic hydroxyl groups excluding tert-OH is 1. The van der Waals surface area contributed by atoms with Crippen molar-refractivity contribution in [3.05, 3.63) is 17.7 Å². The molecule has 0 aliphatic heterocycles. The minimum Gasteiger partial charge on any atom is -0.490 e. The van der Waals surface area contributed by atoms with E-state index in [9.17, 15) is 9.90 Å². The molecule has 1 aromatic heterocycles. The van der Waals surface area contributed by atoms with Crippen molar-refractivity contribution in [2.24, 2.45) is 0 Å². The number of amides is 2. The molecule has 30 heavy (non-hydrogen) atoms. The standard InChI is InChI=1S/C22H34N4O4/c1-22(2,3)24-12-15(27)13-29-17-11-10-16(14-8-6-5-7-9-14)19-18(17)20(26-30-19)25-21(28)23-4/h10-11,14-15,24,27H,5-9,12-13H2,1-4H3,(H2,23,25,26,28). The summed E-state index contributed by atoms with van der Waals surface area (Å²) in [6, 6.07) is 3.54. The van der Waals surface area contributed by atoms with Gasteiger partial charge >= 0.3 is 6.03 Å². The number of nitrogens with one attached hydrogen (secondary N) is 3. The Bertz CT molecular complexity index is 853. The second-order valence-corrected chi connectivity index (χ2v) is 9.02. The molecule has 1 aliphatic carbocycles. The van der Waals surface area contributed by atoms with Crippen molar-refractivity contribution in [2.75, 3.05) is 25.5 Å². The van der Waals surface area contributed by atoms with Gasteiger partial charge < -0.3 is 25.0 Å². The molecule has 4 N–H and O–H groups in total. The van der Waals surface area contributed by atoms with Crippen LogP contribution < -0.4 is 20.7 Å². The average Bonchev–Trinajstić information content (AvgIpc) is 3.14. The van der Waals surface area contributed by atoms with Crippen LogP contribution in [0.2, 0.25) is 0 Å². The largest absolute Gasteiger partial charge is 0.490 e. The summed E-state index contributed by atoms with van der Waals surface area (Å²) in [5.74, 6) is 1.27. The summed E-state index contributed by atoms with van der Waals surface area (Å²) in [7, 11) is 1.54. The van der Waals surface area contributed by atoms with Crippen molar-refractivity contribution in [1.29, 1.82) is 0 Å². The highest BCUT2D eigenvalue weighted by atomic mass is 16.5. The number of urea groups is 1. The van der Waals surface area contributed by atoms with Gasteiger partial charge in [0, 0.05) is 24.7 Å². The molecule has 0 spiro atoms. The molecule has 0 radical (unpaired) electrons. The van der Waals surface area contributed by atoms with Crippen LogP contribution in [0.4, 0.5) is 10.6 Å². The summed E-state index contributed by atoms with van der Waals surface area (Å²) in [5, 5.41) is 23.5. The molecule has 1 unspecified atom stereocenters. The van der Waals surface area contributed by atoms with Crippen LogP contribution >= 0.6 is 0 Å². The molecule has 8 heteroatoms. The summed E-state index contributed by atoms with van der Waals surface area (Å²) < 4.78 is 11.6. The average molecular weight is 419 g/mol. The number of anilines is 1. The molecule has 3 rings (SSSR count). The van der Waals surface area contributed by atoms with E-state index in [0.29, 0.717) is 35.0 Å². The van der Waals surface area contributed by atoms with Crippen LogP contribution in [-0.4, -0.2) is 48.1 Å². The van der Waals surface area contributed by atoms with Gasteiger partial charge in [-0.2, -0.15) is 0 Å². The number of β-amino-alcohol motifs (C(OH)–C–C–N with tert-alkyl or cyclic N) is 1. The van der Waals surface area contributed by atoms with E-state index in [0.717, 1.165) is 18.4 Å². The van der Waals surface area contributed by atoms with Gasteiger partial charge in [-0.05, 0) is 45.6 Å². The van der Waals surface area contributed by atoms with Gasteiger partial charge in [-0.25, -0.2) is 4.79 Å². The molecule has 1 heterocycles. The van der Waals surface area contributed by atoms with Crippen LogP contribution in [-0.2, 0) is 0 Å². The van der Waals surface area contributed by atoms with Crippen molar-refractivity contribution < 1.29 is 19.2 Å². The van der Waals surface area contributed by atoms with E-state index >= 15 is 0 Å². The molecule has 2 amide bonds. The highest BCUT2D eigenvalue weighted by Gasteiger charge is 2.25. The van der Waals surface area contributed by atoms with Gasteiger partial charge in [-0.1, -0.05) is 30.5 Å². The lowest BCUT2D eigenvalue weighted by Crippen LogP contribution is -2.42. The number of carbonyl (C=O) groups excluding carboxylic acids is 1. The van der Waals surface area contributed by atoms with Crippen molar-refractivity contribution >= 4 is 22.8 Å². The van der Waals surface area contributed by atoms with E-state index in [4.69, 9.17) is 9.26 Å². The highest BCUT2D eigenvalue weighted by Crippen LogP contribution is 2.41. The Kier molecular flexibility index (Phi) is 7.20. The fraction of sp³-hybridized carbons (Fsp3) is 0.636. The third-order valence-corrected chi connectivity index (χ3v) is 5.42. The van der Waals surface area contributed by atoms with Gasteiger partial charge in [-0.3, -0.25) is 5.32 Å². The molecule has 1 saturated carbocycles. The Morgan fingerprint density at radius 1 is 1.30 bits per heavy atom. The third-order valence-electron chi connectivity index (χ3n) is 5.42. The number of hydrogen-bond donors (Lipinski definition) is 4. The van der Waals surface area contributed by atoms with Crippen molar-refractivity contribution in [1.82, 2.24) is 15.8 Å². The Hall–Kier alpha value is -2.32. The summed E-state index contributed by atoms with van der Waals surface area (Å²) in [6.45, 7) is 6.66. The molecule has 1 fully saturated rings. The van der Waals surface area contributed by atoms with Crippen molar-refractivity contribution in [3.8, 4) is 5.75 Å². The maximum absolute atomic E-state index is 11.9. The summed E-state index contributed by atoms with van der Waals surface area (Å²) >= 11 is 0. The molecule has 2 aromatic rings. The Morgan fingerprint density at radius 2 is 2.03 bits per heavy atom. The second kappa shape index (κ2) is 9.66. The molecule has 0 bridgehead atoms. The van der Waals surface area contributed by atoms with Gasteiger partial charge in [-0.15, -0.1) is 0 Å². The molecule has 166 valence electrons. The predicted octanol–water partition coefficient (Wildman–Crippen LogP) is 3.75. The van der Waals surface area contributed by atoms with E-state index in [1.54, 1.807) is 7.05 Å². The minimum absolute atomic E-state index is 0.0883. The zero-order chi connectivity index (χ0) is 21.7. The lowest BCUT2D eigenvalue weighted by molar-refractivity contribution is 0.101. The number of benzene rings is 1. The lowest BCUT2D eigenvalue weighted by atomic mass is 9.83. The van der Waals surface area contributed by atoms with Crippen LogP contribution in [0.25, 0.3) is 11.0 Å².